The molecule has 0 aromatic rings. The summed E-state index contributed by atoms with van der Waals surface area (Å²) >= 11 is 0. The maximum atomic E-state index is 12.9. The van der Waals surface area contributed by atoms with Crippen molar-refractivity contribution in [1.29, 1.82) is 0 Å². The van der Waals surface area contributed by atoms with Crippen LogP contribution in [0.5, 0.6) is 0 Å². The Labute approximate surface area is 342 Å². The van der Waals surface area contributed by atoms with Gasteiger partial charge in [-0.2, -0.15) is 0 Å². The van der Waals surface area contributed by atoms with Crippen molar-refractivity contribution >= 4 is 5.91 Å². The van der Waals surface area contributed by atoms with E-state index in [2.05, 4.69) is 55.6 Å². The van der Waals surface area contributed by atoms with Gasteiger partial charge in [0.25, 0.3) is 0 Å². The molecule has 1 rings (SSSR count). The molecule has 1 fully saturated rings. The van der Waals surface area contributed by atoms with Crippen molar-refractivity contribution in [3.8, 4) is 0 Å². The van der Waals surface area contributed by atoms with E-state index in [4.69, 9.17) is 9.47 Å². The summed E-state index contributed by atoms with van der Waals surface area (Å²) in [6.45, 7) is 3.62. The zero-order valence-electron chi connectivity index (χ0n) is 35.6. The summed E-state index contributed by atoms with van der Waals surface area (Å²) in [5.74, 6) is -0.199. The van der Waals surface area contributed by atoms with E-state index in [1.54, 1.807) is 6.08 Å². The van der Waals surface area contributed by atoms with Gasteiger partial charge in [-0.3, -0.25) is 4.79 Å². The van der Waals surface area contributed by atoms with E-state index < -0.39 is 49.5 Å². The number of hydrogen-bond acceptors (Lipinski definition) is 8. The lowest BCUT2D eigenvalue weighted by Crippen LogP contribution is -2.60. The topological polar surface area (TPSA) is 149 Å². The van der Waals surface area contributed by atoms with Crippen molar-refractivity contribution in [2.75, 3.05) is 13.2 Å². The minimum Gasteiger partial charge on any atom is -0.394 e. The molecule has 1 aliphatic heterocycles. The summed E-state index contributed by atoms with van der Waals surface area (Å²) in [6.07, 6.45) is 40.4. The maximum Gasteiger partial charge on any atom is 0.220 e. The number of aliphatic hydroxyl groups is 5. The lowest BCUT2D eigenvalue weighted by molar-refractivity contribution is -0.302. The van der Waals surface area contributed by atoms with Crippen LogP contribution in [0.25, 0.3) is 0 Å². The zero-order valence-corrected chi connectivity index (χ0v) is 35.6. The predicted octanol–water partition coefficient (Wildman–Crippen LogP) is 9.45. The second-order valence-electron chi connectivity index (χ2n) is 15.8. The number of amides is 1. The quantitative estimate of drug-likeness (QED) is 0.0269. The van der Waals surface area contributed by atoms with Crippen molar-refractivity contribution in [1.82, 2.24) is 5.32 Å². The molecule has 0 spiro atoms. The molecule has 9 nitrogen and oxygen atoms in total. The third-order valence-electron chi connectivity index (χ3n) is 10.6. The first-order valence-corrected chi connectivity index (χ1v) is 22.9. The fourth-order valence-corrected chi connectivity index (χ4v) is 6.95. The Morgan fingerprint density at radius 3 is 1.59 bits per heavy atom. The van der Waals surface area contributed by atoms with Crippen LogP contribution in [0.3, 0.4) is 0 Å². The number of carbonyl (C=O) groups excluding carboxylic acids is 1. The van der Waals surface area contributed by atoms with Gasteiger partial charge < -0.3 is 40.3 Å². The first-order valence-electron chi connectivity index (χ1n) is 22.9. The number of hydrogen-bond donors (Lipinski definition) is 6. The van der Waals surface area contributed by atoms with Gasteiger partial charge >= 0.3 is 0 Å². The monoisotopic (exact) mass is 792 g/mol. The molecule has 56 heavy (non-hydrogen) atoms. The third kappa shape index (κ3) is 27.7. The van der Waals surface area contributed by atoms with Crippen LogP contribution in [0.1, 0.15) is 187 Å². The lowest BCUT2D eigenvalue weighted by atomic mass is 9.99. The second-order valence-corrected chi connectivity index (χ2v) is 15.8. The minimum absolute atomic E-state index is 0.199. The fourth-order valence-electron chi connectivity index (χ4n) is 6.95. The first-order chi connectivity index (χ1) is 27.3. The Balaban J connectivity index is 2.28. The van der Waals surface area contributed by atoms with E-state index >= 15 is 0 Å². The molecule has 0 aromatic heterocycles. The molecule has 0 bridgehead atoms. The van der Waals surface area contributed by atoms with E-state index in [1.807, 2.05) is 6.08 Å². The first kappa shape index (κ1) is 52.2. The number of carbonyl (C=O) groups is 1. The highest BCUT2D eigenvalue weighted by molar-refractivity contribution is 5.76. The standard InChI is InChI=1S/C47H85NO8/c1-3-5-7-9-11-13-15-16-17-18-19-20-21-22-23-24-25-26-27-29-31-33-35-37-43(51)48-40(39-55-47-46(54)45(53)44(52)42(38-49)56-47)41(50)36-34-32-30-28-14-12-10-8-6-4-2/h6,8,14,22-23,28,34,36,40-42,44-47,49-50,52-54H,3-5,7,9-13,15-21,24-27,29-33,35,37-39H2,1-2H3,(H,48,51)/b8-6+,23-22-,28-14+,36-34+. The van der Waals surface area contributed by atoms with Gasteiger partial charge in [0.2, 0.25) is 5.91 Å². The normalized spacial score (nSPS) is 21.6. The molecule has 7 atom stereocenters. The molecule has 1 amide bonds. The summed E-state index contributed by atoms with van der Waals surface area (Å²) in [7, 11) is 0. The Hall–Kier alpha value is -1.85. The molecule has 9 heteroatoms. The Morgan fingerprint density at radius 1 is 0.607 bits per heavy atom. The molecular weight excluding hydrogens is 707 g/mol. The summed E-state index contributed by atoms with van der Waals surface area (Å²) in [5, 5.41) is 54.0. The van der Waals surface area contributed by atoms with Gasteiger partial charge in [-0.25, -0.2) is 0 Å². The van der Waals surface area contributed by atoms with Gasteiger partial charge in [0.05, 0.1) is 25.4 Å². The highest BCUT2D eigenvalue weighted by atomic mass is 16.7. The van der Waals surface area contributed by atoms with E-state index in [0.29, 0.717) is 6.42 Å². The van der Waals surface area contributed by atoms with E-state index in [0.717, 1.165) is 64.2 Å². The van der Waals surface area contributed by atoms with Crippen molar-refractivity contribution in [3.05, 3.63) is 48.6 Å². The van der Waals surface area contributed by atoms with Crippen LogP contribution in [0.2, 0.25) is 0 Å². The van der Waals surface area contributed by atoms with Gasteiger partial charge in [-0.05, 0) is 64.2 Å². The fraction of sp³-hybridized carbons (Fsp3) is 0.809. The van der Waals surface area contributed by atoms with Crippen molar-refractivity contribution < 1.29 is 39.8 Å². The molecule has 1 saturated heterocycles. The number of ether oxygens (including phenoxy) is 2. The van der Waals surface area contributed by atoms with Gasteiger partial charge in [0.15, 0.2) is 6.29 Å². The minimum atomic E-state index is -1.57. The average Bonchev–Trinajstić information content (AvgIpc) is 3.20. The summed E-state index contributed by atoms with van der Waals surface area (Å²) < 4.78 is 11.2. The molecule has 6 N–H and O–H groups in total. The molecule has 0 aliphatic carbocycles. The molecule has 1 heterocycles. The van der Waals surface area contributed by atoms with Crippen LogP contribution in [0.4, 0.5) is 0 Å². The molecular formula is C47H85NO8. The lowest BCUT2D eigenvalue weighted by Gasteiger charge is -2.40. The average molecular weight is 792 g/mol. The SMILES string of the molecule is CC/C=C/CC/C=C/CC/C=C/C(O)C(COC1OC(CO)C(O)C(O)C1O)NC(=O)CCCCCCCCC/C=C\CCCCCCCCCCCCCC. The number of aliphatic hydroxyl groups excluding tert-OH is 5. The number of allylic oxidation sites excluding steroid dienone is 7. The smallest absolute Gasteiger partial charge is 0.220 e. The van der Waals surface area contributed by atoms with E-state index in [9.17, 15) is 30.3 Å². The van der Waals surface area contributed by atoms with Crippen LogP contribution in [-0.2, 0) is 14.3 Å². The van der Waals surface area contributed by atoms with Crippen molar-refractivity contribution in [3.63, 3.8) is 0 Å². The molecule has 7 unspecified atom stereocenters. The van der Waals surface area contributed by atoms with Gasteiger partial charge in [0.1, 0.15) is 24.4 Å². The number of rotatable bonds is 37. The highest BCUT2D eigenvalue weighted by Gasteiger charge is 2.44. The number of nitrogens with one attached hydrogen (secondary N) is 1. The van der Waals surface area contributed by atoms with Crippen LogP contribution in [0, 0.1) is 0 Å². The van der Waals surface area contributed by atoms with Crippen molar-refractivity contribution in [2.24, 2.45) is 0 Å². The Bertz CT molecular complexity index is 1010. The molecule has 326 valence electrons. The molecule has 1 aliphatic rings. The van der Waals surface area contributed by atoms with Crippen LogP contribution < -0.4 is 5.32 Å². The number of unbranched alkanes of at least 4 members (excludes halogenated alkanes) is 21. The third-order valence-corrected chi connectivity index (χ3v) is 10.6. The summed E-state index contributed by atoms with van der Waals surface area (Å²) in [6, 6.07) is -0.828. The van der Waals surface area contributed by atoms with E-state index in [1.165, 1.54) is 103 Å². The summed E-state index contributed by atoms with van der Waals surface area (Å²) in [5.41, 5.74) is 0. The maximum absolute atomic E-state index is 12.9. The predicted molar refractivity (Wildman–Crippen MR) is 230 cm³/mol. The van der Waals surface area contributed by atoms with E-state index in [-0.39, 0.29) is 12.5 Å². The summed E-state index contributed by atoms with van der Waals surface area (Å²) in [4.78, 5) is 12.9. The van der Waals surface area contributed by atoms with Crippen LogP contribution >= 0.6 is 0 Å². The molecule has 0 radical (unpaired) electrons. The second kappa shape index (κ2) is 37.4. The van der Waals surface area contributed by atoms with Gasteiger partial charge in [-0.1, -0.05) is 165 Å². The highest BCUT2D eigenvalue weighted by Crippen LogP contribution is 2.22. The zero-order chi connectivity index (χ0) is 40.9. The van der Waals surface area contributed by atoms with Crippen LogP contribution in [-0.4, -0.2) is 87.5 Å². The van der Waals surface area contributed by atoms with Gasteiger partial charge in [-0.15, -0.1) is 0 Å². The molecule has 0 aromatic carbocycles. The van der Waals surface area contributed by atoms with Crippen molar-refractivity contribution in [2.45, 2.75) is 230 Å². The largest absolute Gasteiger partial charge is 0.394 e. The Morgan fingerprint density at radius 2 is 1.07 bits per heavy atom. The molecule has 0 saturated carbocycles. The van der Waals surface area contributed by atoms with Crippen LogP contribution in [0.15, 0.2) is 48.6 Å². The Kier molecular flexibility index (Phi) is 34.9. The van der Waals surface area contributed by atoms with Gasteiger partial charge in [0, 0.05) is 6.42 Å².